The Morgan fingerprint density at radius 1 is 1.19 bits per heavy atom. The van der Waals surface area contributed by atoms with E-state index < -0.39 is 0 Å². The molecule has 0 spiro atoms. The molecule has 0 saturated heterocycles. The van der Waals surface area contributed by atoms with Crippen LogP contribution in [-0.4, -0.2) is 26.3 Å². The molecule has 0 aliphatic heterocycles. The molecule has 21 heavy (non-hydrogen) atoms. The summed E-state index contributed by atoms with van der Waals surface area (Å²) in [5.74, 6) is 1.70. The highest BCUT2D eigenvalue weighted by Gasteiger charge is 2.31. The monoisotopic (exact) mass is 288 g/mol. The Hall–Kier alpha value is -1.73. The van der Waals surface area contributed by atoms with Gasteiger partial charge in [0.2, 0.25) is 0 Å². The zero-order valence-corrected chi connectivity index (χ0v) is 12.9. The van der Waals surface area contributed by atoms with E-state index in [4.69, 9.17) is 9.47 Å². The summed E-state index contributed by atoms with van der Waals surface area (Å²) in [5, 5.41) is 12.9. The number of rotatable bonds is 6. The lowest BCUT2D eigenvalue weighted by Gasteiger charge is -2.31. The molecule has 4 nitrogen and oxygen atoms in total. The van der Waals surface area contributed by atoms with Crippen molar-refractivity contribution in [2.45, 2.75) is 44.1 Å². The van der Waals surface area contributed by atoms with Crippen molar-refractivity contribution in [3.63, 3.8) is 0 Å². The second-order valence-corrected chi connectivity index (χ2v) is 5.61. The maximum atomic E-state index is 9.46. The third-order valence-corrected chi connectivity index (χ3v) is 4.27. The van der Waals surface area contributed by atoms with Crippen molar-refractivity contribution in [3.05, 3.63) is 23.8 Å². The minimum Gasteiger partial charge on any atom is -0.497 e. The van der Waals surface area contributed by atoms with Crippen LogP contribution >= 0.6 is 0 Å². The van der Waals surface area contributed by atoms with Gasteiger partial charge in [-0.05, 0) is 43.0 Å². The number of benzene rings is 1. The first kappa shape index (κ1) is 15.7. The van der Waals surface area contributed by atoms with Gasteiger partial charge >= 0.3 is 0 Å². The van der Waals surface area contributed by atoms with E-state index in [0.29, 0.717) is 0 Å². The van der Waals surface area contributed by atoms with E-state index in [0.717, 1.165) is 55.7 Å². The molecular formula is C17H24N2O2. The molecule has 1 aliphatic rings. The number of hydrogen-bond donors (Lipinski definition) is 1. The first-order valence-corrected chi connectivity index (χ1v) is 7.60. The molecule has 1 saturated carbocycles. The lowest BCUT2D eigenvalue weighted by atomic mass is 9.83. The number of hydrogen-bond acceptors (Lipinski definition) is 4. The van der Waals surface area contributed by atoms with E-state index in [-0.39, 0.29) is 5.54 Å². The second-order valence-electron chi connectivity index (χ2n) is 5.61. The Morgan fingerprint density at radius 3 is 2.57 bits per heavy atom. The molecule has 0 aromatic heterocycles. The van der Waals surface area contributed by atoms with Crippen molar-refractivity contribution in [2.75, 3.05) is 20.8 Å². The van der Waals surface area contributed by atoms with Gasteiger partial charge in [-0.3, -0.25) is 5.32 Å². The van der Waals surface area contributed by atoms with E-state index >= 15 is 0 Å². The SMILES string of the molecule is COc1ccc(OC)c(CCNC2(C#N)CCCCC2)c1. The zero-order valence-electron chi connectivity index (χ0n) is 12.9. The van der Waals surface area contributed by atoms with E-state index in [2.05, 4.69) is 11.4 Å². The van der Waals surface area contributed by atoms with Crippen LogP contribution in [0.2, 0.25) is 0 Å². The third-order valence-electron chi connectivity index (χ3n) is 4.27. The largest absolute Gasteiger partial charge is 0.497 e. The number of methoxy groups -OCH3 is 2. The highest BCUT2D eigenvalue weighted by Crippen LogP contribution is 2.28. The van der Waals surface area contributed by atoms with Crippen LogP contribution in [0.25, 0.3) is 0 Å². The molecule has 0 bridgehead atoms. The predicted octanol–water partition coefficient (Wildman–Crippen LogP) is 3.06. The minimum atomic E-state index is -0.329. The summed E-state index contributed by atoms with van der Waals surface area (Å²) in [7, 11) is 3.34. The summed E-state index contributed by atoms with van der Waals surface area (Å²) >= 11 is 0. The molecule has 0 unspecified atom stereocenters. The van der Waals surface area contributed by atoms with E-state index in [1.165, 1.54) is 6.42 Å². The molecule has 0 heterocycles. The first-order valence-electron chi connectivity index (χ1n) is 7.60. The highest BCUT2D eigenvalue weighted by atomic mass is 16.5. The first-order chi connectivity index (χ1) is 10.2. The standard InChI is InChI=1S/C17H24N2O2/c1-20-15-6-7-16(21-2)14(12-15)8-11-19-17(13-18)9-4-3-5-10-17/h6-7,12,19H,3-5,8-11H2,1-2H3. The average molecular weight is 288 g/mol. The molecule has 1 N–H and O–H groups in total. The topological polar surface area (TPSA) is 54.3 Å². The Balaban J connectivity index is 1.97. The Bertz CT molecular complexity index is 502. The number of nitrogens with zero attached hydrogens (tertiary/aromatic N) is 1. The van der Waals surface area contributed by atoms with Gasteiger partial charge in [-0.1, -0.05) is 19.3 Å². The van der Waals surface area contributed by atoms with Crippen molar-refractivity contribution in [2.24, 2.45) is 0 Å². The molecule has 0 amide bonds. The van der Waals surface area contributed by atoms with Crippen LogP contribution in [0.3, 0.4) is 0 Å². The van der Waals surface area contributed by atoms with Gasteiger partial charge in [0.15, 0.2) is 0 Å². The summed E-state index contributed by atoms with van der Waals surface area (Å²) in [6, 6.07) is 8.31. The smallest absolute Gasteiger partial charge is 0.122 e. The fraction of sp³-hybridized carbons (Fsp3) is 0.588. The fourth-order valence-electron chi connectivity index (χ4n) is 3.00. The van der Waals surface area contributed by atoms with Crippen LogP contribution in [0, 0.1) is 11.3 Å². The van der Waals surface area contributed by atoms with Crippen molar-refractivity contribution in [1.29, 1.82) is 5.26 Å². The molecule has 0 atom stereocenters. The molecule has 2 rings (SSSR count). The van der Waals surface area contributed by atoms with Crippen molar-refractivity contribution in [3.8, 4) is 17.6 Å². The molecule has 114 valence electrons. The van der Waals surface area contributed by atoms with Crippen LogP contribution in [0.15, 0.2) is 18.2 Å². The maximum absolute atomic E-state index is 9.46. The molecule has 1 aromatic rings. The van der Waals surface area contributed by atoms with Gasteiger partial charge in [-0.15, -0.1) is 0 Å². The fourth-order valence-corrected chi connectivity index (χ4v) is 3.00. The molecule has 1 aromatic carbocycles. The van der Waals surface area contributed by atoms with Crippen LogP contribution in [0.1, 0.15) is 37.7 Å². The number of nitriles is 1. The molecular weight excluding hydrogens is 264 g/mol. The average Bonchev–Trinajstić information content (AvgIpc) is 2.55. The Kier molecular flexibility index (Phi) is 5.46. The molecule has 4 heteroatoms. The molecule has 1 fully saturated rings. The summed E-state index contributed by atoms with van der Waals surface area (Å²) < 4.78 is 10.7. The summed E-state index contributed by atoms with van der Waals surface area (Å²) in [6.07, 6.45) is 6.27. The van der Waals surface area contributed by atoms with Crippen LogP contribution < -0.4 is 14.8 Å². The predicted molar refractivity (Wildman–Crippen MR) is 82.7 cm³/mol. The maximum Gasteiger partial charge on any atom is 0.122 e. The van der Waals surface area contributed by atoms with Gasteiger partial charge in [0, 0.05) is 6.54 Å². The van der Waals surface area contributed by atoms with Crippen molar-refractivity contribution < 1.29 is 9.47 Å². The van der Waals surface area contributed by atoms with Crippen LogP contribution in [0.5, 0.6) is 11.5 Å². The summed E-state index contributed by atoms with van der Waals surface area (Å²) in [5.41, 5.74) is 0.776. The molecule has 0 radical (unpaired) electrons. The highest BCUT2D eigenvalue weighted by molar-refractivity contribution is 5.40. The van der Waals surface area contributed by atoms with Crippen molar-refractivity contribution >= 4 is 0 Å². The van der Waals surface area contributed by atoms with Gasteiger partial charge in [0.1, 0.15) is 17.0 Å². The van der Waals surface area contributed by atoms with Crippen molar-refractivity contribution in [1.82, 2.24) is 5.32 Å². The molecule has 1 aliphatic carbocycles. The van der Waals surface area contributed by atoms with Crippen LogP contribution in [-0.2, 0) is 6.42 Å². The number of ether oxygens (including phenoxy) is 2. The van der Waals surface area contributed by atoms with Gasteiger partial charge in [0.25, 0.3) is 0 Å². The van der Waals surface area contributed by atoms with Crippen LogP contribution in [0.4, 0.5) is 0 Å². The minimum absolute atomic E-state index is 0.329. The normalized spacial score (nSPS) is 17.0. The van der Waals surface area contributed by atoms with Gasteiger partial charge < -0.3 is 9.47 Å². The van der Waals surface area contributed by atoms with Gasteiger partial charge in [-0.25, -0.2) is 0 Å². The van der Waals surface area contributed by atoms with Gasteiger partial charge in [0.05, 0.1) is 20.3 Å². The van der Waals surface area contributed by atoms with E-state index in [9.17, 15) is 5.26 Å². The Labute approximate surface area is 127 Å². The summed E-state index contributed by atoms with van der Waals surface area (Å²) in [4.78, 5) is 0. The Morgan fingerprint density at radius 2 is 1.95 bits per heavy atom. The third kappa shape index (κ3) is 3.89. The summed E-state index contributed by atoms with van der Waals surface area (Å²) in [6.45, 7) is 0.775. The second kappa shape index (κ2) is 7.33. The van der Waals surface area contributed by atoms with E-state index in [1.54, 1.807) is 14.2 Å². The van der Waals surface area contributed by atoms with E-state index in [1.807, 2.05) is 18.2 Å². The quantitative estimate of drug-likeness (QED) is 0.874. The number of nitrogens with one attached hydrogen (secondary N) is 1. The lowest BCUT2D eigenvalue weighted by molar-refractivity contribution is 0.299. The van der Waals surface area contributed by atoms with Gasteiger partial charge in [-0.2, -0.15) is 5.26 Å². The lowest BCUT2D eigenvalue weighted by Crippen LogP contribution is -2.46. The zero-order chi connectivity index (χ0) is 15.1.